The number of H-pyrrole nitrogens is 1. The van der Waals surface area contributed by atoms with Crippen molar-refractivity contribution >= 4 is 34.2 Å². The highest BCUT2D eigenvalue weighted by Crippen LogP contribution is 2.27. The number of hydrogen-bond donors (Lipinski definition) is 5. The predicted octanol–water partition coefficient (Wildman–Crippen LogP) is 1.11. The largest absolute Gasteiger partial charge is 0.394 e. The van der Waals surface area contributed by atoms with E-state index in [1.165, 1.54) is 10.8 Å². The molecule has 3 atom stereocenters. The zero-order valence-corrected chi connectivity index (χ0v) is 19.1. The van der Waals surface area contributed by atoms with Gasteiger partial charge < -0.3 is 25.8 Å². The van der Waals surface area contributed by atoms with Gasteiger partial charge in [0.05, 0.1) is 18.2 Å². The summed E-state index contributed by atoms with van der Waals surface area (Å²) in [6, 6.07) is 6.36. The number of anilines is 1. The Balaban J connectivity index is 1.30. The maximum Gasteiger partial charge on any atom is 0.330 e. The highest BCUT2D eigenvalue weighted by atomic mass is 35.5. The van der Waals surface area contributed by atoms with Gasteiger partial charge in [-0.15, -0.1) is 0 Å². The number of carbonyl (C=O) groups is 1. The number of aromatic nitrogens is 3. The number of fused-ring (bicyclic) bond motifs is 1. The molecule has 34 heavy (non-hydrogen) atoms. The van der Waals surface area contributed by atoms with Crippen LogP contribution in [0.4, 0.5) is 10.5 Å². The van der Waals surface area contributed by atoms with Crippen molar-refractivity contribution in [3.63, 3.8) is 0 Å². The summed E-state index contributed by atoms with van der Waals surface area (Å²) < 4.78 is 7.00. The van der Waals surface area contributed by atoms with E-state index in [2.05, 4.69) is 25.9 Å². The highest BCUT2D eigenvalue weighted by Gasteiger charge is 2.37. The smallest absolute Gasteiger partial charge is 0.330 e. The SMILES string of the molecule is Cc1cn([C@H]2C[C@H](NC(=O)NCCNc3ccnc4cc(Cl)ccc34)[C@H](CO)O2)c(=O)[nH]c1=O. The van der Waals surface area contributed by atoms with Gasteiger partial charge >= 0.3 is 11.7 Å². The van der Waals surface area contributed by atoms with E-state index in [9.17, 15) is 19.5 Å². The molecule has 1 aliphatic rings. The van der Waals surface area contributed by atoms with E-state index in [1.807, 2.05) is 12.1 Å². The monoisotopic (exact) mass is 488 g/mol. The minimum absolute atomic E-state index is 0.258. The maximum absolute atomic E-state index is 12.4. The molecule has 4 rings (SSSR count). The van der Waals surface area contributed by atoms with E-state index in [0.29, 0.717) is 23.7 Å². The fourth-order valence-corrected chi connectivity index (χ4v) is 4.06. The van der Waals surface area contributed by atoms with Crippen molar-refractivity contribution in [3.05, 3.63) is 68.1 Å². The zero-order chi connectivity index (χ0) is 24.2. The number of hydrogen-bond acceptors (Lipinski definition) is 7. The lowest BCUT2D eigenvalue weighted by atomic mass is 10.1. The summed E-state index contributed by atoms with van der Waals surface area (Å²) in [5, 5.41) is 20.0. The van der Waals surface area contributed by atoms with Gasteiger partial charge in [-0.1, -0.05) is 11.6 Å². The number of rotatable bonds is 7. The number of pyridine rings is 1. The van der Waals surface area contributed by atoms with Gasteiger partial charge in [0.2, 0.25) is 0 Å². The summed E-state index contributed by atoms with van der Waals surface area (Å²) in [6.07, 6.45) is 1.93. The average molecular weight is 489 g/mol. The standard InChI is InChI=1S/C22H25ClN6O5/c1-12-10-29(22(33)28-20(12)31)19-9-17(18(11-30)34-19)27-21(32)26-7-6-25-15-4-5-24-16-8-13(23)2-3-14(15)16/h2-5,8,10,17-19,30H,6-7,9,11H2,1H3,(H,24,25)(H2,26,27,32)(H,28,31,33)/t17-,18-,19+/m0/s1. The van der Waals surface area contributed by atoms with Gasteiger partial charge in [-0.2, -0.15) is 0 Å². The molecule has 0 saturated carbocycles. The Bertz CT molecular complexity index is 1310. The van der Waals surface area contributed by atoms with Crippen LogP contribution in [0.1, 0.15) is 18.2 Å². The first-order chi connectivity index (χ1) is 16.4. The number of carbonyl (C=O) groups excluding carboxylic acids is 1. The molecule has 0 radical (unpaired) electrons. The van der Waals surface area contributed by atoms with Gasteiger partial charge in [-0.05, 0) is 31.2 Å². The summed E-state index contributed by atoms with van der Waals surface area (Å²) in [5.74, 6) is 0. The lowest BCUT2D eigenvalue weighted by Gasteiger charge is -2.18. The van der Waals surface area contributed by atoms with Crippen LogP contribution in [0, 0.1) is 6.92 Å². The molecule has 12 heteroatoms. The van der Waals surface area contributed by atoms with Crippen molar-refractivity contribution in [1.82, 2.24) is 25.2 Å². The quantitative estimate of drug-likeness (QED) is 0.312. The van der Waals surface area contributed by atoms with Crippen LogP contribution >= 0.6 is 11.6 Å². The number of aliphatic hydroxyl groups excluding tert-OH is 1. The van der Waals surface area contributed by atoms with Crippen LogP contribution in [0.3, 0.4) is 0 Å². The minimum Gasteiger partial charge on any atom is -0.394 e. The second-order valence-corrected chi connectivity index (χ2v) is 8.42. The van der Waals surface area contributed by atoms with Crippen molar-refractivity contribution in [3.8, 4) is 0 Å². The van der Waals surface area contributed by atoms with Gasteiger partial charge in [0.1, 0.15) is 12.3 Å². The van der Waals surface area contributed by atoms with Crippen molar-refractivity contribution < 1.29 is 14.6 Å². The third-order valence-electron chi connectivity index (χ3n) is 5.62. The Morgan fingerprint density at radius 2 is 2.15 bits per heavy atom. The fraction of sp³-hybridized carbons (Fsp3) is 0.364. The van der Waals surface area contributed by atoms with Gasteiger partial charge in [-0.25, -0.2) is 9.59 Å². The molecule has 0 aliphatic carbocycles. The van der Waals surface area contributed by atoms with Gasteiger partial charge in [0.15, 0.2) is 0 Å². The Kier molecular flexibility index (Phi) is 7.15. The molecule has 0 bridgehead atoms. The predicted molar refractivity (Wildman–Crippen MR) is 127 cm³/mol. The van der Waals surface area contributed by atoms with Crippen LogP contribution in [0.15, 0.2) is 46.2 Å². The van der Waals surface area contributed by atoms with Crippen LogP contribution in [0.2, 0.25) is 5.02 Å². The average Bonchev–Trinajstić information content (AvgIpc) is 3.21. The van der Waals surface area contributed by atoms with Crippen LogP contribution in [0.5, 0.6) is 0 Å². The summed E-state index contributed by atoms with van der Waals surface area (Å²) in [4.78, 5) is 42.7. The van der Waals surface area contributed by atoms with Crippen LogP contribution in [-0.2, 0) is 4.74 Å². The van der Waals surface area contributed by atoms with Gasteiger partial charge in [-0.3, -0.25) is 19.3 Å². The molecule has 3 aromatic rings. The molecule has 2 amide bonds. The molecule has 0 spiro atoms. The second-order valence-electron chi connectivity index (χ2n) is 7.98. The summed E-state index contributed by atoms with van der Waals surface area (Å²) in [5.41, 5.74) is 0.919. The number of benzene rings is 1. The van der Waals surface area contributed by atoms with Crippen LogP contribution < -0.4 is 27.2 Å². The molecule has 3 heterocycles. The lowest BCUT2D eigenvalue weighted by molar-refractivity contribution is -0.0285. The second kappa shape index (κ2) is 10.2. The van der Waals surface area contributed by atoms with E-state index in [-0.39, 0.29) is 13.0 Å². The fourth-order valence-electron chi connectivity index (χ4n) is 3.89. The molecule has 1 aromatic carbocycles. The van der Waals surface area contributed by atoms with E-state index in [0.717, 1.165) is 16.6 Å². The van der Waals surface area contributed by atoms with Crippen molar-refractivity contribution in [2.75, 3.05) is 25.0 Å². The molecule has 1 aliphatic heterocycles. The zero-order valence-electron chi connectivity index (χ0n) is 18.4. The number of aliphatic hydroxyl groups is 1. The van der Waals surface area contributed by atoms with Crippen molar-refractivity contribution in [2.24, 2.45) is 0 Å². The number of halogens is 1. The Hall–Kier alpha value is -3.41. The number of urea groups is 1. The highest BCUT2D eigenvalue weighted by molar-refractivity contribution is 6.31. The third kappa shape index (κ3) is 5.22. The Morgan fingerprint density at radius 3 is 2.94 bits per heavy atom. The summed E-state index contributed by atoms with van der Waals surface area (Å²) >= 11 is 6.02. The topological polar surface area (TPSA) is 150 Å². The number of nitrogens with zero attached hydrogens (tertiary/aromatic N) is 2. The first-order valence-electron chi connectivity index (χ1n) is 10.8. The molecule has 11 nitrogen and oxygen atoms in total. The first-order valence-corrected chi connectivity index (χ1v) is 11.1. The molecule has 0 unspecified atom stereocenters. The van der Waals surface area contributed by atoms with Crippen LogP contribution in [-0.4, -0.2) is 57.5 Å². The molecular weight excluding hydrogens is 464 g/mol. The first kappa shape index (κ1) is 23.7. The van der Waals surface area contributed by atoms with Crippen LogP contribution in [0.25, 0.3) is 10.9 Å². The molecule has 1 fully saturated rings. The number of aromatic amines is 1. The molecule has 2 aromatic heterocycles. The molecule has 5 N–H and O–H groups in total. The Morgan fingerprint density at radius 1 is 1.32 bits per heavy atom. The van der Waals surface area contributed by atoms with Crippen molar-refractivity contribution in [2.45, 2.75) is 31.7 Å². The molecule has 1 saturated heterocycles. The third-order valence-corrected chi connectivity index (χ3v) is 5.85. The van der Waals surface area contributed by atoms with E-state index < -0.39 is 35.7 Å². The molecule has 180 valence electrons. The summed E-state index contributed by atoms with van der Waals surface area (Å²) in [7, 11) is 0. The van der Waals surface area contributed by atoms with Gasteiger partial charge in [0, 0.05) is 53.6 Å². The number of ether oxygens (including phenoxy) is 1. The minimum atomic E-state index is -0.722. The van der Waals surface area contributed by atoms with E-state index >= 15 is 0 Å². The number of aryl methyl sites for hydroxylation is 1. The Labute approximate surface area is 199 Å². The summed E-state index contributed by atoms with van der Waals surface area (Å²) in [6.45, 7) is 2.05. The lowest BCUT2D eigenvalue weighted by Crippen LogP contribution is -2.47. The molecular formula is C22H25ClN6O5. The van der Waals surface area contributed by atoms with E-state index in [1.54, 1.807) is 25.3 Å². The van der Waals surface area contributed by atoms with Gasteiger partial charge in [0.25, 0.3) is 5.56 Å². The number of amides is 2. The number of nitrogens with one attached hydrogen (secondary N) is 4. The van der Waals surface area contributed by atoms with Crippen molar-refractivity contribution in [1.29, 1.82) is 0 Å². The normalized spacial score (nSPS) is 19.8. The maximum atomic E-state index is 12.4. The van der Waals surface area contributed by atoms with E-state index in [4.69, 9.17) is 16.3 Å².